The van der Waals surface area contributed by atoms with E-state index in [-0.39, 0.29) is 56.1 Å². The van der Waals surface area contributed by atoms with E-state index in [1.54, 1.807) is 0 Å². The number of carbonyl (C=O) groups is 1. The number of hydrogen-bond acceptors (Lipinski definition) is 6. The fraction of sp³-hybridized carbons (Fsp3) is 0.455. The van der Waals surface area contributed by atoms with Gasteiger partial charge in [0.05, 0.1) is 6.10 Å². The Morgan fingerprint density at radius 3 is 2.90 bits per heavy atom. The van der Waals surface area contributed by atoms with Crippen LogP contribution in [0.4, 0.5) is 0 Å². The SMILES string of the molecule is CC1[CH-]CC1OC(=O)c1ncn2c(=O)n(C)nnc12.[Y]. The smallest absolute Gasteiger partial charge is 0.361 e. The minimum absolute atomic E-state index is 0. The minimum Gasteiger partial charge on any atom is -0.463 e. The molecular weight excluding hydrogens is 339 g/mol. The van der Waals surface area contributed by atoms with Gasteiger partial charge in [0.1, 0.15) is 6.33 Å². The minimum atomic E-state index is -0.574. The molecule has 2 aromatic rings. The third-order valence-electron chi connectivity index (χ3n) is 3.28. The molecule has 0 spiro atoms. The van der Waals surface area contributed by atoms with Crippen molar-refractivity contribution in [3.63, 3.8) is 0 Å². The van der Waals surface area contributed by atoms with E-state index in [9.17, 15) is 9.59 Å². The predicted octanol–water partition coefficient (Wildman–Crippen LogP) is -0.410. The first-order chi connectivity index (χ1) is 9.08. The largest absolute Gasteiger partial charge is 0.463 e. The summed E-state index contributed by atoms with van der Waals surface area (Å²) in [6.45, 7) is 1.97. The summed E-state index contributed by atoms with van der Waals surface area (Å²) in [6.07, 6.45) is 3.94. The number of imidazole rings is 1. The van der Waals surface area contributed by atoms with Gasteiger partial charge in [0.15, 0.2) is 11.3 Å². The van der Waals surface area contributed by atoms with Crippen LogP contribution in [0.25, 0.3) is 5.65 Å². The molecule has 1 saturated carbocycles. The third-order valence-corrected chi connectivity index (χ3v) is 3.28. The van der Waals surface area contributed by atoms with Crippen LogP contribution in [0.15, 0.2) is 11.1 Å². The van der Waals surface area contributed by atoms with Crippen molar-refractivity contribution >= 4 is 11.6 Å². The van der Waals surface area contributed by atoms with Gasteiger partial charge >= 0.3 is 11.7 Å². The molecule has 1 fully saturated rings. The zero-order valence-corrected chi connectivity index (χ0v) is 13.9. The molecular formula is C11H12N5O3Y-. The van der Waals surface area contributed by atoms with E-state index >= 15 is 0 Å². The topological polar surface area (TPSA) is 91.4 Å². The fourth-order valence-electron chi connectivity index (χ4n) is 1.89. The Hall–Kier alpha value is -1.15. The van der Waals surface area contributed by atoms with E-state index in [4.69, 9.17) is 4.74 Å². The standard InChI is InChI=1S/C11H12N5O3.Y/c1-6-3-4-7(6)19-10(17)8-9-13-14-15(2)11(18)16(9)5-12-8;/h3,5-7H,4H2,1-2H3;/q-1;. The van der Waals surface area contributed by atoms with Crippen molar-refractivity contribution in [2.45, 2.75) is 19.4 Å². The van der Waals surface area contributed by atoms with Gasteiger partial charge in [0.2, 0.25) is 0 Å². The van der Waals surface area contributed by atoms with Crippen LogP contribution < -0.4 is 5.69 Å². The number of carbonyl (C=O) groups excluding carboxylic acids is 1. The van der Waals surface area contributed by atoms with Crippen LogP contribution in [0.5, 0.6) is 0 Å². The molecule has 2 aromatic heterocycles. The van der Waals surface area contributed by atoms with Crippen molar-refractivity contribution in [1.82, 2.24) is 24.4 Å². The van der Waals surface area contributed by atoms with E-state index in [0.29, 0.717) is 0 Å². The van der Waals surface area contributed by atoms with Gasteiger partial charge in [0.25, 0.3) is 0 Å². The molecule has 103 valence electrons. The second-order valence-corrected chi connectivity index (χ2v) is 4.56. The van der Waals surface area contributed by atoms with Crippen molar-refractivity contribution in [2.24, 2.45) is 13.0 Å². The van der Waals surface area contributed by atoms with Crippen molar-refractivity contribution in [1.29, 1.82) is 0 Å². The summed E-state index contributed by atoms with van der Waals surface area (Å²) in [5, 5.41) is 7.43. The Kier molecular flexibility index (Phi) is 4.34. The summed E-state index contributed by atoms with van der Waals surface area (Å²) < 4.78 is 7.53. The fourth-order valence-corrected chi connectivity index (χ4v) is 1.89. The maximum absolute atomic E-state index is 12.0. The molecule has 9 heteroatoms. The van der Waals surface area contributed by atoms with Crippen LogP contribution in [-0.2, 0) is 44.5 Å². The van der Waals surface area contributed by atoms with Crippen LogP contribution in [0.3, 0.4) is 0 Å². The maximum atomic E-state index is 12.0. The molecule has 20 heavy (non-hydrogen) atoms. The van der Waals surface area contributed by atoms with Gasteiger partial charge in [-0.2, -0.15) is 4.68 Å². The van der Waals surface area contributed by atoms with Crippen molar-refractivity contribution in [2.75, 3.05) is 0 Å². The van der Waals surface area contributed by atoms with Crippen LogP contribution in [0.1, 0.15) is 23.8 Å². The molecule has 3 rings (SSSR count). The molecule has 0 bridgehead atoms. The van der Waals surface area contributed by atoms with Gasteiger partial charge in [-0.1, -0.05) is 12.1 Å². The third kappa shape index (κ3) is 2.42. The Morgan fingerprint density at radius 2 is 2.30 bits per heavy atom. The number of fused-ring (bicyclic) bond motifs is 1. The summed E-state index contributed by atoms with van der Waals surface area (Å²) in [5.41, 5.74) is -0.282. The molecule has 1 aliphatic carbocycles. The van der Waals surface area contributed by atoms with Crippen molar-refractivity contribution < 1.29 is 42.2 Å². The first kappa shape index (κ1) is 15.2. The molecule has 0 aromatic carbocycles. The van der Waals surface area contributed by atoms with Crippen LogP contribution in [0.2, 0.25) is 0 Å². The number of esters is 1. The normalized spacial score (nSPS) is 21.1. The quantitative estimate of drug-likeness (QED) is 0.540. The molecule has 0 N–H and O–H groups in total. The zero-order valence-electron chi connectivity index (χ0n) is 11.1. The molecule has 1 aliphatic rings. The number of aryl methyl sites for hydroxylation is 1. The molecule has 0 amide bonds. The monoisotopic (exact) mass is 351 g/mol. The molecule has 2 unspecified atom stereocenters. The summed E-state index contributed by atoms with van der Waals surface area (Å²) in [6, 6.07) is 0. The van der Waals surface area contributed by atoms with Gasteiger partial charge in [-0.05, 0) is 0 Å². The maximum Gasteiger partial charge on any atom is 0.361 e. The summed E-state index contributed by atoms with van der Waals surface area (Å²) in [5.74, 6) is -0.327. The summed E-state index contributed by atoms with van der Waals surface area (Å²) >= 11 is 0. The van der Waals surface area contributed by atoms with Crippen LogP contribution in [-0.4, -0.2) is 36.5 Å². The van der Waals surface area contributed by atoms with Crippen LogP contribution >= 0.6 is 0 Å². The van der Waals surface area contributed by atoms with E-state index in [2.05, 4.69) is 21.7 Å². The molecule has 0 saturated heterocycles. The van der Waals surface area contributed by atoms with E-state index in [0.717, 1.165) is 11.1 Å². The number of rotatable bonds is 2. The van der Waals surface area contributed by atoms with Gasteiger partial charge in [-0.25, -0.2) is 19.0 Å². The van der Waals surface area contributed by atoms with Gasteiger partial charge < -0.3 is 11.2 Å². The molecule has 2 heterocycles. The Bertz CT molecular complexity index is 710. The first-order valence-corrected chi connectivity index (χ1v) is 5.89. The predicted molar refractivity (Wildman–Crippen MR) is 63.3 cm³/mol. The zero-order chi connectivity index (χ0) is 13.6. The van der Waals surface area contributed by atoms with Crippen molar-refractivity contribution in [3.8, 4) is 0 Å². The van der Waals surface area contributed by atoms with Crippen molar-refractivity contribution in [3.05, 3.63) is 28.9 Å². The number of ether oxygens (including phenoxy) is 1. The van der Waals surface area contributed by atoms with Crippen LogP contribution in [0, 0.1) is 12.3 Å². The van der Waals surface area contributed by atoms with E-state index in [1.807, 2.05) is 6.92 Å². The molecule has 8 nitrogen and oxygen atoms in total. The van der Waals surface area contributed by atoms with E-state index in [1.165, 1.54) is 17.8 Å². The van der Waals surface area contributed by atoms with Gasteiger partial charge in [-0.3, -0.25) is 0 Å². The Morgan fingerprint density at radius 1 is 1.55 bits per heavy atom. The number of aromatic nitrogens is 5. The second-order valence-electron chi connectivity index (χ2n) is 4.56. The molecule has 0 aliphatic heterocycles. The average molecular weight is 351 g/mol. The Labute approximate surface area is 139 Å². The van der Waals surface area contributed by atoms with Gasteiger partial charge in [0, 0.05) is 39.8 Å². The Balaban J connectivity index is 0.00000147. The summed E-state index contributed by atoms with van der Waals surface area (Å²) in [4.78, 5) is 27.6. The second kappa shape index (κ2) is 5.69. The van der Waals surface area contributed by atoms with E-state index < -0.39 is 11.7 Å². The average Bonchev–Trinajstić information content (AvgIpc) is 2.83. The van der Waals surface area contributed by atoms with Gasteiger partial charge in [-0.15, -0.1) is 17.4 Å². The first-order valence-electron chi connectivity index (χ1n) is 5.89. The number of hydrogen-bond donors (Lipinski definition) is 0. The molecule has 2 atom stereocenters. The number of nitrogens with zero attached hydrogens (tertiary/aromatic N) is 5. The summed E-state index contributed by atoms with van der Waals surface area (Å²) in [7, 11) is 1.47. The molecule has 1 radical (unpaired) electrons.